The minimum absolute atomic E-state index is 0.0684. The Morgan fingerprint density at radius 1 is 0.565 bits per heavy atom. The number of aliphatic hydroxyl groups excluding tert-OH is 6. The van der Waals surface area contributed by atoms with Crippen LogP contribution in [0.2, 0.25) is 0 Å². The highest BCUT2D eigenvalue weighted by atomic mass is 16.3. The van der Waals surface area contributed by atoms with E-state index in [-0.39, 0.29) is 25.9 Å². The van der Waals surface area contributed by atoms with Crippen molar-refractivity contribution < 1.29 is 49.8 Å². The van der Waals surface area contributed by atoms with Gasteiger partial charge >= 0.3 is 0 Å². The van der Waals surface area contributed by atoms with Gasteiger partial charge in [0.1, 0.15) is 23.7 Å². The lowest BCUT2D eigenvalue weighted by atomic mass is 10.0. The van der Waals surface area contributed by atoms with Gasteiger partial charge < -0.3 is 60.7 Å². The third-order valence-electron chi connectivity index (χ3n) is 7.78. The standard InChI is InChI=1S/C31H53N5O10/c37-18-4-10-34(11-5-19-38)14-16-36(20-27-6-2-1-3-7-27)17-15-35(12-8-28(45)32-30(21-39,22-40)23-41)13-9-29(46)33-31(24-42,25-43)26-44/h1-3,6-7,18-19,39-44H,4-5,8-17,20-26H2,(H,32,45)(H,33,46). The van der Waals surface area contributed by atoms with Crippen LogP contribution < -0.4 is 10.6 Å². The van der Waals surface area contributed by atoms with Crippen LogP contribution >= 0.6 is 0 Å². The van der Waals surface area contributed by atoms with Gasteiger partial charge in [0.2, 0.25) is 11.8 Å². The number of nitrogens with one attached hydrogen (secondary N) is 2. The number of benzene rings is 1. The van der Waals surface area contributed by atoms with Gasteiger partial charge in [0, 0.05) is 84.6 Å². The van der Waals surface area contributed by atoms with E-state index in [1.165, 1.54) is 0 Å². The third-order valence-corrected chi connectivity index (χ3v) is 7.78. The molecule has 0 radical (unpaired) electrons. The summed E-state index contributed by atoms with van der Waals surface area (Å²) >= 11 is 0. The van der Waals surface area contributed by atoms with Crippen LogP contribution in [0.3, 0.4) is 0 Å². The molecule has 0 atom stereocenters. The Hall–Kier alpha value is -2.86. The fourth-order valence-corrected chi connectivity index (χ4v) is 4.59. The number of carbonyl (C=O) groups is 4. The lowest BCUT2D eigenvalue weighted by Gasteiger charge is -2.32. The normalized spacial score (nSPS) is 12.1. The molecular formula is C31H53N5O10. The summed E-state index contributed by atoms with van der Waals surface area (Å²) in [6.07, 6.45) is 2.25. The second-order valence-electron chi connectivity index (χ2n) is 11.5. The topological polar surface area (TPSA) is 223 Å². The molecule has 0 aromatic heterocycles. The van der Waals surface area contributed by atoms with Crippen LogP contribution in [0.15, 0.2) is 30.3 Å². The summed E-state index contributed by atoms with van der Waals surface area (Å²) in [6, 6.07) is 9.80. The number of amides is 2. The molecule has 0 bridgehead atoms. The van der Waals surface area contributed by atoms with Crippen molar-refractivity contribution in [2.45, 2.75) is 43.3 Å². The molecule has 0 saturated carbocycles. The smallest absolute Gasteiger partial charge is 0.221 e. The van der Waals surface area contributed by atoms with Crippen LogP contribution in [-0.2, 0) is 25.7 Å². The molecule has 262 valence electrons. The summed E-state index contributed by atoms with van der Waals surface area (Å²) in [7, 11) is 0. The van der Waals surface area contributed by atoms with Crippen molar-refractivity contribution in [3.05, 3.63) is 35.9 Å². The van der Waals surface area contributed by atoms with Crippen molar-refractivity contribution in [3.8, 4) is 0 Å². The van der Waals surface area contributed by atoms with Gasteiger partial charge in [-0.25, -0.2) is 0 Å². The Kier molecular flexibility index (Phi) is 21.0. The maximum Gasteiger partial charge on any atom is 0.221 e. The number of carbonyl (C=O) groups excluding carboxylic acids is 4. The summed E-state index contributed by atoms with van der Waals surface area (Å²) in [5, 5.41) is 62.3. The maximum absolute atomic E-state index is 12.7. The molecule has 2 amide bonds. The van der Waals surface area contributed by atoms with Gasteiger partial charge in [-0.1, -0.05) is 30.3 Å². The van der Waals surface area contributed by atoms with Crippen molar-refractivity contribution in [2.75, 3.05) is 92.0 Å². The molecule has 1 rings (SSSR count). The highest BCUT2D eigenvalue weighted by Gasteiger charge is 2.31. The van der Waals surface area contributed by atoms with Gasteiger partial charge in [0.15, 0.2) is 0 Å². The van der Waals surface area contributed by atoms with Crippen LogP contribution in [0.25, 0.3) is 0 Å². The predicted molar refractivity (Wildman–Crippen MR) is 169 cm³/mol. The summed E-state index contributed by atoms with van der Waals surface area (Å²) in [5.41, 5.74) is -2.08. The van der Waals surface area contributed by atoms with Crippen LogP contribution in [0, 0.1) is 0 Å². The van der Waals surface area contributed by atoms with E-state index >= 15 is 0 Å². The fourth-order valence-electron chi connectivity index (χ4n) is 4.59. The van der Waals surface area contributed by atoms with Gasteiger partial charge in [-0.2, -0.15) is 0 Å². The van der Waals surface area contributed by atoms with Crippen molar-refractivity contribution in [1.29, 1.82) is 0 Å². The maximum atomic E-state index is 12.7. The number of hydrogen-bond acceptors (Lipinski definition) is 13. The number of aliphatic hydroxyl groups is 6. The number of aldehydes is 2. The first-order chi connectivity index (χ1) is 22.2. The van der Waals surface area contributed by atoms with Crippen molar-refractivity contribution >= 4 is 24.4 Å². The molecule has 46 heavy (non-hydrogen) atoms. The Morgan fingerprint density at radius 3 is 1.30 bits per heavy atom. The van der Waals surface area contributed by atoms with Gasteiger partial charge in [0.05, 0.1) is 39.6 Å². The minimum atomic E-state index is -1.57. The second kappa shape index (κ2) is 23.5. The lowest BCUT2D eigenvalue weighted by Crippen LogP contribution is -2.57. The molecule has 15 heteroatoms. The summed E-state index contributed by atoms with van der Waals surface area (Å²) in [4.78, 5) is 53.5. The molecule has 0 saturated heterocycles. The van der Waals surface area contributed by atoms with Gasteiger partial charge in [-0.3, -0.25) is 14.5 Å². The van der Waals surface area contributed by atoms with Crippen molar-refractivity contribution in [1.82, 2.24) is 25.3 Å². The quantitative estimate of drug-likeness (QED) is 0.0415. The van der Waals surface area contributed by atoms with E-state index in [0.29, 0.717) is 58.7 Å². The second-order valence-corrected chi connectivity index (χ2v) is 11.5. The molecule has 0 aliphatic heterocycles. The Labute approximate surface area is 270 Å². The minimum Gasteiger partial charge on any atom is -0.394 e. The molecule has 1 aromatic carbocycles. The Morgan fingerprint density at radius 2 is 0.935 bits per heavy atom. The molecule has 0 aliphatic rings. The fraction of sp³-hybridized carbons (Fsp3) is 0.677. The molecule has 0 unspecified atom stereocenters. The monoisotopic (exact) mass is 655 g/mol. The van der Waals surface area contributed by atoms with E-state index in [1.807, 2.05) is 35.2 Å². The highest BCUT2D eigenvalue weighted by Crippen LogP contribution is 2.08. The molecular weight excluding hydrogens is 602 g/mol. The first-order valence-corrected chi connectivity index (χ1v) is 15.5. The average Bonchev–Trinajstić information content (AvgIpc) is 3.09. The molecule has 0 heterocycles. The van der Waals surface area contributed by atoms with E-state index < -0.39 is 62.5 Å². The summed E-state index contributed by atoms with van der Waals surface area (Å²) < 4.78 is 0. The number of rotatable bonds is 28. The van der Waals surface area contributed by atoms with E-state index in [2.05, 4.69) is 20.4 Å². The average molecular weight is 656 g/mol. The largest absolute Gasteiger partial charge is 0.394 e. The van der Waals surface area contributed by atoms with E-state index in [9.17, 15) is 49.8 Å². The van der Waals surface area contributed by atoms with Crippen LogP contribution in [0.4, 0.5) is 0 Å². The third kappa shape index (κ3) is 15.6. The summed E-state index contributed by atoms with van der Waals surface area (Å²) in [6.45, 7) is 0.214. The first-order valence-electron chi connectivity index (χ1n) is 15.5. The van der Waals surface area contributed by atoms with E-state index in [4.69, 9.17) is 0 Å². The summed E-state index contributed by atoms with van der Waals surface area (Å²) in [5.74, 6) is -1.04. The van der Waals surface area contributed by atoms with E-state index in [1.54, 1.807) is 0 Å². The molecule has 0 fully saturated rings. The Bertz CT molecular complexity index is 929. The van der Waals surface area contributed by atoms with Gasteiger partial charge in [0.25, 0.3) is 0 Å². The first kappa shape index (κ1) is 41.2. The number of hydrogen-bond donors (Lipinski definition) is 8. The van der Waals surface area contributed by atoms with E-state index in [0.717, 1.165) is 18.1 Å². The predicted octanol–water partition coefficient (Wildman–Crippen LogP) is -3.29. The van der Waals surface area contributed by atoms with Crippen LogP contribution in [0.1, 0.15) is 31.2 Å². The zero-order chi connectivity index (χ0) is 34.3. The van der Waals surface area contributed by atoms with Crippen molar-refractivity contribution in [2.24, 2.45) is 0 Å². The van der Waals surface area contributed by atoms with Crippen LogP contribution in [-0.4, -0.2) is 173 Å². The highest BCUT2D eigenvalue weighted by molar-refractivity contribution is 5.77. The molecule has 8 N–H and O–H groups in total. The molecule has 1 aromatic rings. The lowest BCUT2D eigenvalue weighted by molar-refractivity contribution is -0.126. The van der Waals surface area contributed by atoms with Gasteiger partial charge in [-0.15, -0.1) is 0 Å². The zero-order valence-corrected chi connectivity index (χ0v) is 26.6. The number of nitrogens with zero attached hydrogens (tertiary/aromatic N) is 3. The zero-order valence-electron chi connectivity index (χ0n) is 26.6. The Balaban J connectivity index is 3.06. The van der Waals surface area contributed by atoms with Crippen molar-refractivity contribution in [3.63, 3.8) is 0 Å². The molecule has 15 nitrogen and oxygen atoms in total. The molecule has 0 spiro atoms. The van der Waals surface area contributed by atoms with Gasteiger partial charge in [-0.05, 0) is 5.56 Å². The van der Waals surface area contributed by atoms with Crippen LogP contribution in [0.5, 0.6) is 0 Å². The molecule has 0 aliphatic carbocycles. The SMILES string of the molecule is O=CCCN(CCC=O)CCN(CCN(CCC(=O)NC(CO)(CO)CO)CCC(=O)NC(CO)(CO)CO)Cc1ccccc1.